The Bertz CT molecular complexity index is 641. The summed E-state index contributed by atoms with van der Waals surface area (Å²) in [7, 11) is 0. The minimum Gasteiger partial charge on any atom is -0.481 e. The molecule has 2 rings (SSSR count). The van der Waals surface area contributed by atoms with E-state index in [1.165, 1.54) is 24.3 Å². The highest BCUT2D eigenvalue weighted by Gasteiger charge is 2.36. The van der Waals surface area contributed by atoms with E-state index in [0.29, 0.717) is 10.7 Å². The molecule has 0 radical (unpaired) electrons. The number of carboxylic acid groups (broad SMARTS) is 1. The number of benzene rings is 1. The monoisotopic (exact) mass is 324 g/mol. The van der Waals surface area contributed by atoms with Crippen molar-refractivity contribution >= 4 is 34.9 Å². The minimum absolute atomic E-state index is 0.0925. The molecular weight excluding hydrogens is 312 g/mol. The quantitative estimate of drug-likeness (QED) is 0.653. The topological polar surface area (TPSA) is 110 Å². The fourth-order valence-corrected chi connectivity index (χ4v) is 2.56. The molecule has 1 aromatic carbocycles. The zero-order valence-corrected chi connectivity index (χ0v) is 12.1. The van der Waals surface area contributed by atoms with Crippen molar-refractivity contribution in [2.75, 3.05) is 5.32 Å². The van der Waals surface area contributed by atoms with Gasteiger partial charge in [-0.2, -0.15) is 0 Å². The largest absolute Gasteiger partial charge is 0.481 e. The number of anilines is 1. The van der Waals surface area contributed by atoms with E-state index in [4.69, 9.17) is 11.6 Å². The third-order valence-corrected chi connectivity index (χ3v) is 3.80. The molecule has 2 atom stereocenters. The van der Waals surface area contributed by atoms with Gasteiger partial charge in [0.25, 0.3) is 5.69 Å². The van der Waals surface area contributed by atoms with Crippen molar-refractivity contribution in [1.82, 2.24) is 0 Å². The number of carboxylic acids is 1. The van der Waals surface area contributed by atoms with E-state index < -0.39 is 28.6 Å². The van der Waals surface area contributed by atoms with E-state index in [9.17, 15) is 24.8 Å². The van der Waals surface area contributed by atoms with Crippen LogP contribution in [0.2, 0.25) is 0 Å². The molecule has 1 aliphatic carbocycles. The number of allylic oxidation sites excluding steroid dienone is 2. The molecule has 0 aliphatic heterocycles. The highest BCUT2D eigenvalue weighted by molar-refractivity contribution is 6.29. The number of hydrogen-bond acceptors (Lipinski definition) is 4. The average molecular weight is 325 g/mol. The van der Waals surface area contributed by atoms with Crippen LogP contribution in [0.4, 0.5) is 11.4 Å². The number of amides is 1. The van der Waals surface area contributed by atoms with Crippen LogP contribution in [0.15, 0.2) is 35.4 Å². The molecule has 8 heteroatoms. The molecule has 0 saturated carbocycles. The Balaban J connectivity index is 2.11. The number of nitro benzene ring substituents is 1. The summed E-state index contributed by atoms with van der Waals surface area (Å²) in [6.07, 6.45) is 1.97. The second kappa shape index (κ2) is 6.57. The fraction of sp³-hybridized carbons (Fsp3) is 0.286. The van der Waals surface area contributed by atoms with Crippen LogP contribution < -0.4 is 5.32 Å². The van der Waals surface area contributed by atoms with Crippen LogP contribution in [0.25, 0.3) is 0 Å². The van der Waals surface area contributed by atoms with E-state index in [2.05, 4.69) is 5.32 Å². The van der Waals surface area contributed by atoms with Crippen LogP contribution in [-0.2, 0) is 9.59 Å². The van der Waals surface area contributed by atoms with Gasteiger partial charge in [-0.25, -0.2) is 0 Å². The van der Waals surface area contributed by atoms with Crippen molar-refractivity contribution in [2.45, 2.75) is 12.8 Å². The fourth-order valence-electron chi connectivity index (χ4n) is 2.30. The zero-order chi connectivity index (χ0) is 16.3. The summed E-state index contributed by atoms with van der Waals surface area (Å²) in [6, 6.07) is 5.31. The lowest BCUT2D eigenvalue weighted by atomic mass is 9.82. The number of aliphatic carboxylic acids is 1. The number of rotatable bonds is 4. The molecule has 0 fully saturated rings. The van der Waals surface area contributed by atoms with Gasteiger partial charge in [0.15, 0.2) is 0 Å². The number of hydrogen-bond donors (Lipinski definition) is 2. The van der Waals surface area contributed by atoms with Crippen molar-refractivity contribution in [2.24, 2.45) is 11.8 Å². The van der Waals surface area contributed by atoms with Gasteiger partial charge in [-0.1, -0.05) is 17.7 Å². The molecule has 1 amide bonds. The van der Waals surface area contributed by atoms with Gasteiger partial charge in [0, 0.05) is 22.9 Å². The number of carbonyl (C=O) groups excluding carboxylic acids is 1. The highest BCUT2D eigenvalue weighted by atomic mass is 35.5. The molecule has 1 aromatic rings. The lowest BCUT2D eigenvalue weighted by Crippen LogP contribution is -2.35. The molecule has 22 heavy (non-hydrogen) atoms. The van der Waals surface area contributed by atoms with Gasteiger partial charge < -0.3 is 10.4 Å². The first-order valence-electron chi connectivity index (χ1n) is 6.51. The van der Waals surface area contributed by atoms with E-state index in [-0.39, 0.29) is 18.5 Å². The summed E-state index contributed by atoms with van der Waals surface area (Å²) in [5, 5.41) is 22.8. The second-order valence-corrected chi connectivity index (χ2v) is 5.42. The highest BCUT2D eigenvalue weighted by Crippen LogP contribution is 2.32. The molecule has 0 spiro atoms. The maximum Gasteiger partial charge on any atom is 0.307 e. The lowest BCUT2D eigenvalue weighted by Gasteiger charge is -2.25. The van der Waals surface area contributed by atoms with Crippen LogP contribution >= 0.6 is 11.6 Å². The molecule has 1 aliphatic rings. The summed E-state index contributed by atoms with van der Waals surface area (Å²) in [5.74, 6) is -3.12. The predicted octanol–water partition coefficient (Wildman–Crippen LogP) is 2.77. The Labute approximate surface area is 130 Å². The maximum atomic E-state index is 12.3. The maximum absolute atomic E-state index is 12.3. The van der Waals surface area contributed by atoms with E-state index in [1.807, 2.05) is 0 Å². The Hall–Kier alpha value is -2.41. The third-order valence-electron chi connectivity index (χ3n) is 3.49. The first-order valence-corrected chi connectivity index (χ1v) is 6.89. The SMILES string of the molecule is O=C(Nc1ccc([N+](=O)[O-])cc1)[C@H]1CC(Cl)=CC[C@H]1C(=O)O. The molecule has 7 nitrogen and oxygen atoms in total. The summed E-state index contributed by atoms with van der Waals surface area (Å²) in [5.41, 5.74) is 0.274. The van der Waals surface area contributed by atoms with Crippen molar-refractivity contribution < 1.29 is 19.6 Å². The molecule has 2 N–H and O–H groups in total. The van der Waals surface area contributed by atoms with E-state index in [1.54, 1.807) is 6.08 Å². The third kappa shape index (κ3) is 3.62. The van der Waals surface area contributed by atoms with Crippen LogP contribution in [0.3, 0.4) is 0 Å². The van der Waals surface area contributed by atoms with Gasteiger partial charge in [0.05, 0.1) is 16.8 Å². The second-order valence-electron chi connectivity index (χ2n) is 4.94. The number of nitro groups is 1. The van der Waals surface area contributed by atoms with Gasteiger partial charge >= 0.3 is 5.97 Å². The number of halogens is 1. The summed E-state index contributed by atoms with van der Waals surface area (Å²) in [4.78, 5) is 33.5. The standard InChI is InChI=1S/C14H13ClN2O5/c15-8-1-6-11(14(19)20)12(7-8)13(18)16-9-2-4-10(5-3-9)17(21)22/h1-5,11-12H,6-7H2,(H,16,18)(H,19,20)/t11-,12+/m1/s1. The lowest BCUT2D eigenvalue weighted by molar-refractivity contribution is -0.384. The van der Waals surface area contributed by atoms with E-state index in [0.717, 1.165) is 0 Å². The first-order chi connectivity index (χ1) is 10.4. The van der Waals surface area contributed by atoms with Crippen LogP contribution in [0, 0.1) is 22.0 Å². The van der Waals surface area contributed by atoms with Crippen LogP contribution in [0.5, 0.6) is 0 Å². The Morgan fingerprint density at radius 1 is 1.27 bits per heavy atom. The number of carbonyl (C=O) groups is 2. The van der Waals surface area contributed by atoms with Gasteiger partial charge in [-0.15, -0.1) is 0 Å². The van der Waals surface area contributed by atoms with Gasteiger partial charge in [0.2, 0.25) is 5.91 Å². The molecule has 0 aromatic heterocycles. The molecule has 116 valence electrons. The Kier molecular flexibility index (Phi) is 4.77. The number of non-ortho nitro benzene ring substituents is 1. The molecule has 0 saturated heterocycles. The smallest absolute Gasteiger partial charge is 0.307 e. The summed E-state index contributed by atoms with van der Waals surface area (Å²) in [6.45, 7) is 0. The zero-order valence-electron chi connectivity index (χ0n) is 11.4. The molecule has 0 bridgehead atoms. The average Bonchev–Trinajstić information content (AvgIpc) is 2.47. The Morgan fingerprint density at radius 2 is 1.91 bits per heavy atom. The molecule has 0 heterocycles. The predicted molar refractivity (Wildman–Crippen MR) is 79.5 cm³/mol. The van der Waals surface area contributed by atoms with Crippen LogP contribution in [-0.4, -0.2) is 21.9 Å². The van der Waals surface area contributed by atoms with E-state index >= 15 is 0 Å². The normalized spacial score (nSPS) is 20.9. The molecule has 0 unspecified atom stereocenters. The van der Waals surface area contributed by atoms with Gasteiger partial charge in [0.1, 0.15) is 0 Å². The van der Waals surface area contributed by atoms with Gasteiger partial charge in [-0.05, 0) is 25.0 Å². The molecular formula is C14H13ClN2O5. The van der Waals surface area contributed by atoms with Crippen molar-refractivity contribution in [3.63, 3.8) is 0 Å². The number of nitrogens with zero attached hydrogens (tertiary/aromatic N) is 1. The van der Waals surface area contributed by atoms with Crippen molar-refractivity contribution in [3.8, 4) is 0 Å². The van der Waals surface area contributed by atoms with Crippen LogP contribution in [0.1, 0.15) is 12.8 Å². The van der Waals surface area contributed by atoms with Gasteiger partial charge in [-0.3, -0.25) is 19.7 Å². The summed E-state index contributed by atoms with van der Waals surface area (Å²) < 4.78 is 0. The van der Waals surface area contributed by atoms with Crippen molar-refractivity contribution in [3.05, 3.63) is 45.5 Å². The van der Waals surface area contributed by atoms with Crippen molar-refractivity contribution in [1.29, 1.82) is 0 Å². The minimum atomic E-state index is -1.05. The summed E-state index contributed by atoms with van der Waals surface area (Å²) >= 11 is 5.90. The number of nitrogens with one attached hydrogen (secondary N) is 1. The first kappa shape index (κ1) is 16.0. The Morgan fingerprint density at radius 3 is 2.45 bits per heavy atom.